The lowest BCUT2D eigenvalue weighted by molar-refractivity contribution is -0.117. The molecule has 0 spiro atoms. The summed E-state index contributed by atoms with van der Waals surface area (Å²) in [5, 5.41) is 0. The summed E-state index contributed by atoms with van der Waals surface area (Å²) in [7, 11) is 0. The molecule has 0 amide bonds. The zero-order valence-electron chi connectivity index (χ0n) is 10.9. The zero-order valence-corrected chi connectivity index (χ0v) is 10.9. The predicted octanol–water partition coefficient (Wildman–Crippen LogP) is 2.10. The van der Waals surface area contributed by atoms with Crippen LogP contribution >= 0.6 is 0 Å². The number of nitrogens with zero attached hydrogens (tertiary/aromatic N) is 1. The third-order valence-corrected chi connectivity index (χ3v) is 3.73. The van der Waals surface area contributed by atoms with Gasteiger partial charge in [0.15, 0.2) is 0 Å². The van der Waals surface area contributed by atoms with Gasteiger partial charge in [0.25, 0.3) is 0 Å². The molecule has 0 aromatic carbocycles. The van der Waals surface area contributed by atoms with Gasteiger partial charge in [-0.15, -0.1) is 0 Å². The summed E-state index contributed by atoms with van der Waals surface area (Å²) in [6.07, 6.45) is 4.38. The molecule has 94 valence electrons. The molecule has 3 heteroatoms. The number of hydrogen-bond acceptors (Lipinski definition) is 3. The summed E-state index contributed by atoms with van der Waals surface area (Å²) in [6.45, 7) is 10.1. The van der Waals surface area contributed by atoms with Gasteiger partial charge in [-0.3, -0.25) is 4.90 Å². The van der Waals surface area contributed by atoms with Gasteiger partial charge in [0, 0.05) is 31.7 Å². The van der Waals surface area contributed by atoms with Crippen LogP contribution in [0.3, 0.4) is 0 Å². The lowest BCUT2D eigenvalue weighted by Crippen LogP contribution is -2.41. The van der Waals surface area contributed by atoms with Crippen molar-refractivity contribution in [3.8, 4) is 0 Å². The van der Waals surface area contributed by atoms with Crippen LogP contribution in [-0.2, 0) is 9.53 Å². The van der Waals surface area contributed by atoms with Crippen LogP contribution in [0, 0.1) is 5.41 Å². The molecule has 0 saturated carbocycles. The molecular weight excluding hydrogens is 202 g/mol. The SMILES string of the molecule is CCC(C=O)(CC)CN1CCCOC(C)C1. The van der Waals surface area contributed by atoms with Gasteiger partial charge < -0.3 is 9.53 Å². The van der Waals surface area contributed by atoms with E-state index in [0.717, 1.165) is 51.8 Å². The van der Waals surface area contributed by atoms with Crippen molar-refractivity contribution < 1.29 is 9.53 Å². The highest BCUT2D eigenvalue weighted by molar-refractivity contribution is 5.59. The van der Waals surface area contributed by atoms with Gasteiger partial charge in [0.2, 0.25) is 0 Å². The van der Waals surface area contributed by atoms with Crippen molar-refractivity contribution in [2.24, 2.45) is 5.41 Å². The van der Waals surface area contributed by atoms with E-state index in [0.29, 0.717) is 6.10 Å². The lowest BCUT2D eigenvalue weighted by Gasteiger charge is -2.32. The maximum Gasteiger partial charge on any atom is 0.127 e. The normalized spacial score (nSPS) is 24.1. The minimum Gasteiger partial charge on any atom is -0.377 e. The second-order valence-corrected chi connectivity index (χ2v) is 4.96. The molecule has 1 heterocycles. The summed E-state index contributed by atoms with van der Waals surface area (Å²) in [5.41, 5.74) is -0.149. The Kier molecular flexibility index (Phi) is 5.42. The minimum atomic E-state index is -0.149. The Labute approximate surface area is 99.1 Å². The Balaban J connectivity index is 2.58. The molecule has 0 aromatic rings. The van der Waals surface area contributed by atoms with Crippen LogP contribution in [0.15, 0.2) is 0 Å². The van der Waals surface area contributed by atoms with E-state index < -0.39 is 0 Å². The monoisotopic (exact) mass is 227 g/mol. The molecule has 1 unspecified atom stereocenters. The maximum absolute atomic E-state index is 11.3. The third kappa shape index (κ3) is 3.56. The van der Waals surface area contributed by atoms with Crippen molar-refractivity contribution >= 4 is 6.29 Å². The first kappa shape index (κ1) is 13.7. The molecule has 1 atom stereocenters. The molecule has 16 heavy (non-hydrogen) atoms. The Bertz CT molecular complexity index is 214. The number of ether oxygens (including phenoxy) is 1. The Morgan fingerprint density at radius 3 is 2.69 bits per heavy atom. The van der Waals surface area contributed by atoms with Gasteiger partial charge in [0.05, 0.1) is 6.10 Å². The molecule has 1 aliphatic heterocycles. The Hall–Kier alpha value is -0.410. The van der Waals surface area contributed by atoms with Gasteiger partial charge in [-0.25, -0.2) is 0 Å². The number of hydrogen-bond donors (Lipinski definition) is 0. The highest BCUT2D eigenvalue weighted by Crippen LogP contribution is 2.25. The molecule has 1 fully saturated rings. The fraction of sp³-hybridized carbons (Fsp3) is 0.923. The van der Waals surface area contributed by atoms with E-state index in [2.05, 4.69) is 25.7 Å². The standard InChI is InChI=1S/C13H25NO2/c1-4-13(5-2,11-15)10-14-7-6-8-16-12(3)9-14/h11-12H,4-10H2,1-3H3. The van der Waals surface area contributed by atoms with Crippen molar-refractivity contribution in [2.45, 2.75) is 46.1 Å². The predicted molar refractivity (Wildman–Crippen MR) is 65.6 cm³/mol. The summed E-state index contributed by atoms with van der Waals surface area (Å²) in [6, 6.07) is 0. The van der Waals surface area contributed by atoms with Crippen molar-refractivity contribution in [1.29, 1.82) is 0 Å². The summed E-state index contributed by atoms with van der Waals surface area (Å²) >= 11 is 0. The zero-order chi connectivity index (χ0) is 12.0. The van der Waals surface area contributed by atoms with Gasteiger partial charge in [-0.2, -0.15) is 0 Å². The molecule has 0 aromatic heterocycles. The van der Waals surface area contributed by atoms with Crippen LogP contribution in [0.2, 0.25) is 0 Å². The van der Waals surface area contributed by atoms with Crippen LogP contribution in [0.5, 0.6) is 0 Å². The first-order chi connectivity index (χ1) is 7.65. The molecule has 0 N–H and O–H groups in total. The third-order valence-electron chi connectivity index (χ3n) is 3.73. The average Bonchev–Trinajstić information content (AvgIpc) is 2.50. The first-order valence-electron chi connectivity index (χ1n) is 6.46. The second-order valence-electron chi connectivity index (χ2n) is 4.96. The summed E-state index contributed by atoms with van der Waals surface area (Å²) < 4.78 is 5.62. The Morgan fingerprint density at radius 2 is 2.12 bits per heavy atom. The van der Waals surface area contributed by atoms with E-state index in [4.69, 9.17) is 4.74 Å². The van der Waals surface area contributed by atoms with E-state index in [9.17, 15) is 4.79 Å². The average molecular weight is 227 g/mol. The molecule has 3 nitrogen and oxygen atoms in total. The van der Waals surface area contributed by atoms with E-state index in [1.165, 1.54) is 0 Å². The van der Waals surface area contributed by atoms with Crippen molar-refractivity contribution in [1.82, 2.24) is 4.90 Å². The summed E-state index contributed by atoms with van der Waals surface area (Å²) in [5.74, 6) is 0. The van der Waals surface area contributed by atoms with Crippen LogP contribution in [0.1, 0.15) is 40.0 Å². The number of carbonyl (C=O) groups excluding carboxylic acids is 1. The van der Waals surface area contributed by atoms with E-state index in [-0.39, 0.29) is 5.41 Å². The van der Waals surface area contributed by atoms with Crippen molar-refractivity contribution in [3.63, 3.8) is 0 Å². The highest BCUT2D eigenvalue weighted by atomic mass is 16.5. The molecule has 1 saturated heterocycles. The van der Waals surface area contributed by atoms with Crippen LogP contribution in [0.4, 0.5) is 0 Å². The minimum absolute atomic E-state index is 0.149. The topological polar surface area (TPSA) is 29.5 Å². The number of carbonyl (C=O) groups is 1. The van der Waals surface area contributed by atoms with Crippen LogP contribution in [-0.4, -0.2) is 43.5 Å². The molecule has 1 aliphatic rings. The Morgan fingerprint density at radius 1 is 1.44 bits per heavy atom. The number of rotatable bonds is 5. The maximum atomic E-state index is 11.3. The highest BCUT2D eigenvalue weighted by Gasteiger charge is 2.29. The second kappa shape index (κ2) is 6.36. The molecule has 0 radical (unpaired) electrons. The first-order valence-corrected chi connectivity index (χ1v) is 6.46. The molecule has 0 bridgehead atoms. The lowest BCUT2D eigenvalue weighted by atomic mass is 9.83. The van der Waals surface area contributed by atoms with E-state index in [1.807, 2.05) is 0 Å². The molecular formula is C13H25NO2. The van der Waals surface area contributed by atoms with Gasteiger partial charge >= 0.3 is 0 Å². The van der Waals surface area contributed by atoms with E-state index >= 15 is 0 Å². The largest absolute Gasteiger partial charge is 0.377 e. The van der Waals surface area contributed by atoms with Crippen LogP contribution < -0.4 is 0 Å². The smallest absolute Gasteiger partial charge is 0.127 e. The quantitative estimate of drug-likeness (QED) is 0.674. The summed E-state index contributed by atoms with van der Waals surface area (Å²) in [4.78, 5) is 13.7. The fourth-order valence-corrected chi connectivity index (χ4v) is 2.35. The van der Waals surface area contributed by atoms with Gasteiger partial charge in [-0.05, 0) is 26.2 Å². The van der Waals surface area contributed by atoms with Gasteiger partial charge in [0.1, 0.15) is 6.29 Å². The van der Waals surface area contributed by atoms with Crippen LogP contribution in [0.25, 0.3) is 0 Å². The van der Waals surface area contributed by atoms with Crippen molar-refractivity contribution in [3.05, 3.63) is 0 Å². The fourth-order valence-electron chi connectivity index (χ4n) is 2.35. The molecule has 0 aliphatic carbocycles. The van der Waals surface area contributed by atoms with Crippen molar-refractivity contribution in [2.75, 3.05) is 26.2 Å². The van der Waals surface area contributed by atoms with E-state index in [1.54, 1.807) is 0 Å². The number of aldehydes is 1. The van der Waals surface area contributed by atoms with Gasteiger partial charge in [-0.1, -0.05) is 13.8 Å². The molecule has 1 rings (SSSR count).